The molecule has 32 heavy (non-hydrogen) atoms. The fourth-order valence-electron chi connectivity index (χ4n) is 4.56. The fraction of sp³-hybridized carbons (Fsp3) is 0.391. The molecule has 0 aliphatic carbocycles. The van der Waals surface area contributed by atoms with E-state index in [0.717, 1.165) is 25.1 Å². The van der Waals surface area contributed by atoms with E-state index in [-0.39, 0.29) is 11.7 Å². The van der Waals surface area contributed by atoms with Crippen molar-refractivity contribution in [2.24, 2.45) is 0 Å². The van der Waals surface area contributed by atoms with Crippen molar-refractivity contribution in [2.75, 3.05) is 32.4 Å². The molecule has 2 aromatic heterocycles. The predicted octanol–water partition coefficient (Wildman–Crippen LogP) is 1.41. The number of aliphatic hydroxyl groups is 1. The molecule has 0 unspecified atom stereocenters. The number of anilines is 1. The second-order valence-corrected chi connectivity index (χ2v) is 9.21. The summed E-state index contributed by atoms with van der Waals surface area (Å²) in [5.74, 6) is 0.432. The number of nitrogens with two attached hydrogens (primary N) is 1. The minimum absolute atomic E-state index is 0.181. The summed E-state index contributed by atoms with van der Waals surface area (Å²) >= 11 is 0. The third kappa shape index (κ3) is 3.63. The van der Waals surface area contributed by atoms with Gasteiger partial charge in [-0.25, -0.2) is 14.6 Å². The van der Waals surface area contributed by atoms with E-state index < -0.39 is 5.60 Å². The average molecular weight is 434 g/mol. The molecule has 166 valence electrons. The van der Waals surface area contributed by atoms with Gasteiger partial charge < -0.3 is 20.6 Å². The fourth-order valence-corrected chi connectivity index (χ4v) is 4.56. The molecule has 0 saturated carbocycles. The van der Waals surface area contributed by atoms with E-state index >= 15 is 0 Å². The number of nitrogen functional groups attached to an aromatic ring is 1. The second-order valence-electron chi connectivity index (χ2n) is 9.21. The third-order valence-electron chi connectivity index (χ3n) is 6.22. The van der Waals surface area contributed by atoms with Crippen LogP contribution in [0.4, 0.5) is 5.82 Å². The Morgan fingerprint density at radius 1 is 1.25 bits per heavy atom. The molecule has 3 N–H and O–H groups in total. The van der Waals surface area contributed by atoms with E-state index in [0.29, 0.717) is 30.2 Å². The Balaban J connectivity index is 1.46. The van der Waals surface area contributed by atoms with Gasteiger partial charge in [0.25, 0.3) is 5.91 Å². The number of carbonyl (C=O) groups excluding carboxylic acids is 1. The molecule has 9 nitrogen and oxygen atoms in total. The Morgan fingerprint density at radius 3 is 2.78 bits per heavy atom. The first-order chi connectivity index (χ1) is 15.2. The highest BCUT2D eigenvalue weighted by atomic mass is 16.3. The van der Waals surface area contributed by atoms with Gasteiger partial charge in [-0.1, -0.05) is 0 Å². The van der Waals surface area contributed by atoms with Crippen LogP contribution in [-0.2, 0) is 13.0 Å². The first-order valence-electron chi connectivity index (χ1n) is 10.7. The average Bonchev–Trinajstić information content (AvgIpc) is 3.21. The second kappa shape index (κ2) is 7.39. The molecule has 9 heteroatoms. The summed E-state index contributed by atoms with van der Waals surface area (Å²) in [5.41, 5.74) is 11.4. The van der Waals surface area contributed by atoms with Crippen molar-refractivity contribution in [1.29, 1.82) is 0 Å². The number of aryl methyl sites for hydroxylation is 1. The van der Waals surface area contributed by atoms with Gasteiger partial charge in [-0.15, -0.1) is 0 Å². The molecule has 0 bridgehead atoms. The monoisotopic (exact) mass is 433 g/mol. The van der Waals surface area contributed by atoms with Crippen LogP contribution in [0.2, 0.25) is 0 Å². The molecule has 1 saturated heterocycles. The molecule has 0 atom stereocenters. The van der Waals surface area contributed by atoms with Crippen LogP contribution in [0.1, 0.15) is 34.0 Å². The van der Waals surface area contributed by atoms with E-state index in [1.54, 1.807) is 24.2 Å². The number of hydrogen-bond acceptors (Lipinski definition) is 7. The lowest BCUT2D eigenvalue weighted by atomic mass is 9.92. The van der Waals surface area contributed by atoms with Crippen molar-refractivity contribution in [1.82, 2.24) is 29.5 Å². The zero-order chi connectivity index (χ0) is 22.6. The largest absolute Gasteiger partial charge is 0.386 e. The Bertz CT molecular complexity index is 1210. The standard InChI is InChI=1S/C23H27N7O2/c1-14-6-15(7-16-10-28(3)5-4-18(14)16)19-9-25-20(24)21(27-19)30-11-17(8-26-30)22(31)29-12-23(2,32)13-29/h6-9,11,32H,4-5,10,12-13H2,1-3H3,(H2,24,25). The van der Waals surface area contributed by atoms with Gasteiger partial charge in [-0.05, 0) is 56.1 Å². The van der Waals surface area contributed by atoms with Gasteiger partial charge in [-0.3, -0.25) is 4.79 Å². The molecule has 2 aliphatic heterocycles. The van der Waals surface area contributed by atoms with Gasteiger partial charge in [0.2, 0.25) is 0 Å². The van der Waals surface area contributed by atoms with Crippen molar-refractivity contribution < 1.29 is 9.90 Å². The number of hydrogen-bond donors (Lipinski definition) is 2. The number of nitrogens with zero attached hydrogens (tertiary/aromatic N) is 6. The van der Waals surface area contributed by atoms with Gasteiger partial charge in [0.05, 0.1) is 42.3 Å². The Morgan fingerprint density at radius 2 is 2.03 bits per heavy atom. The van der Waals surface area contributed by atoms with Crippen LogP contribution in [0.25, 0.3) is 17.1 Å². The van der Waals surface area contributed by atoms with Crippen LogP contribution < -0.4 is 5.73 Å². The van der Waals surface area contributed by atoms with Crippen molar-refractivity contribution in [3.05, 3.63) is 53.0 Å². The van der Waals surface area contributed by atoms with Gasteiger partial charge >= 0.3 is 0 Å². The minimum Gasteiger partial charge on any atom is -0.386 e. The minimum atomic E-state index is -0.822. The zero-order valence-electron chi connectivity index (χ0n) is 18.5. The normalized spacial score (nSPS) is 17.7. The maximum atomic E-state index is 12.6. The highest BCUT2D eigenvalue weighted by Crippen LogP contribution is 2.29. The number of likely N-dealkylation sites (N-methyl/N-ethyl adjacent to an activating group) is 1. The highest BCUT2D eigenvalue weighted by molar-refractivity contribution is 5.94. The molecule has 0 radical (unpaired) electrons. The van der Waals surface area contributed by atoms with E-state index in [9.17, 15) is 9.90 Å². The lowest BCUT2D eigenvalue weighted by Gasteiger charge is -2.43. The summed E-state index contributed by atoms with van der Waals surface area (Å²) in [4.78, 5) is 25.6. The molecular formula is C23H27N7O2. The topological polar surface area (TPSA) is 113 Å². The number of rotatable bonds is 3. The number of amides is 1. The first kappa shape index (κ1) is 20.6. The summed E-state index contributed by atoms with van der Waals surface area (Å²) in [6.07, 6.45) is 5.81. The zero-order valence-corrected chi connectivity index (χ0v) is 18.5. The quantitative estimate of drug-likeness (QED) is 0.642. The number of fused-ring (bicyclic) bond motifs is 1. The molecule has 3 aromatic rings. The maximum Gasteiger partial charge on any atom is 0.257 e. The molecule has 1 aromatic carbocycles. The molecular weight excluding hydrogens is 406 g/mol. The summed E-state index contributed by atoms with van der Waals surface area (Å²) in [5, 5.41) is 14.2. The van der Waals surface area contributed by atoms with Crippen LogP contribution in [-0.4, -0.2) is 72.8 Å². The predicted molar refractivity (Wildman–Crippen MR) is 120 cm³/mol. The van der Waals surface area contributed by atoms with Crippen molar-refractivity contribution in [3.8, 4) is 17.1 Å². The smallest absolute Gasteiger partial charge is 0.257 e. The number of likely N-dealkylation sites (tertiary alicyclic amines) is 1. The number of carbonyl (C=O) groups is 1. The van der Waals surface area contributed by atoms with Crippen LogP contribution in [0.3, 0.4) is 0 Å². The van der Waals surface area contributed by atoms with Crippen LogP contribution >= 0.6 is 0 Å². The third-order valence-corrected chi connectivity index (χ3v) is 6.22. The molecule has 1 amide bonds. The Kier molecular flexibility index (Phi) is 4.75. The Hall–Kier alpha value is -3.30. The summed E-state index contributed by atoms with van der Waals surface area (Å²) in [7, 11) is 2.13. The summed E-state index contributed by atoms with van der Waals surface area (Å²) in [6, 6.07) is 4.32. The summed E-state index contributed by atoms with van der Waals surface area (Å²) < 4.78 is 1.48. The van der Waals surface area contributed by atoms with E-state index in [1.165, 1.54) is 27.6 Å². The van der Waals surface area contributed by atoms with Gasteiger partial charge in [0.15, 0.2) is 11.6 Å². The van der Waals surface area contributed by atoms with E-state index in [1.807, 2.05) is 0 Å². The molecule has 0 spiro atoms. The Labute approximate surface area is 186 Å². The molecule has 5 rings (SSSR count). The molecule has 2 aliphatic rings. The van der Waals surface area contributed by atoms with Gasteiger partial charge in [0, 0.05) is 24.8 Å². The first-order valence-corrected chi connectivity index (χ1v) is 10.7. The van der Waals surface area contributed by atoms with Crippen molar-refractivity contribution in [3.63, 3.8) is 0 Å². The van der Waals surface area contributed by atoms with Gasteiger partial charge in [-0.2, -0.15) is 5.10 Å². The lowest BCUT2D eigenvalue weighted by molar-refractivity contribution is -0.0668. The highest BCUT2D eigenvalue weighted by Gasteiger charge is 2.40. The van der Waals surface area contributed by atoms with Crippen LogP contribution in [0.15, 0.2) is 30.7 Å². The lowest BCUT2D eigenvalue weighted by Crippen LogP contribution is -2.61. The number of benzene rings is 1. The SMILES string of the molecule is Cc1cc(-c2cnc(N)c(-n3cc(C(=O)N4CC(C)(O)C4)cn3)n2)cc2c1CCN(C)C2. The van der Waals surface area contributed by atoms with Crippen molar-refractivity contribution in [2.45, 2.75) is 32.4 Å². The number of β-amino-alcohol motifs (C(OH)–C–C–N with tert-alkyl or cyclic N) is 1. The van der Waals surface area contributed by atoms with Crippen LogP contribution in [0, 0.1) is 6.92 Å². The van der Waals surface area contributed by atoms with E-state index in [2.05, 4.69) is 41.1 Å². The molecule has 1 fully saturated rings. The van der Waals surface area contributed by atoms with Crippen LogP contribution in [0.5, 0.6) is 0 Å². The van der Waals surface area contributed by atoms with Gasteiger partial charge in [0.1, 0.15) is 0 Å². The van der Waals surface area contributed by atoms with Crippen molar-refractivity contribution >= 4 is 11.7 Å². The molecule has 4 heterocycles. The maximum absolute atomic E-state index is 12.6. The summed E-state index contributed by atoms with van der Waals surface area (Å²) in [6.45, 7) is 6.44. The van der Waals surface area contributed by atoms with E-state index in [4.69, 9.17) is 10.7 Å². The number of aromatic nitrogens is 4.